The lowest BCUT2D eigenvalue weighted by molar-refractivity contribution is -0.190. The third-order valence-electron chi connectivity index (χ3n) is 5.26. The van der Waals surface area contributed by atoms with Crippen molar-refractivity contribution >= 4 is 11.8 Å². The van der Waals surface area contributed by atoms with Crippen molar-refractivity contribution in [3.05, 3.63) is 29.8 Å². The van der Waals surface area contributed by atoms with Crippen LogP contribution in [0.5, 0.6) is 5.75 Å². The second kappa shape index (κ2) is 6.15. The summed E-state index contributed by atoms with van der Waals surface area (Å²) in [5.74, 6) is -3.31. The minimum Gasteiger partial charge on any atom is -0.497 e. The smallest absolute Gasteiger partial charge is 0.471 e. The van der Waals surface area contributed by atoms with Crippen LogP contribution in [0.1, 0.15) is 24.3 Å². The van der Waals surface area contributed by atoms with Gasteiger partial charge in [-0.2, -0.15) is 13.2 Å². The van der Waals surface area contributed by atoms with E-state index in [1.807, 2.05) is 0 Å². The van der Waals surface area contributed by atoms with Gasteiger partial charge < -0.3 is 19.6 Å². The molecular weight excluding hydrogens is 353 g/mol. The van der Waals surface area contributed by atoms with Crippen molar-refractivity contribution in [1.29, 1.82) is 0 Å². The zero-order valence-electron chi connectivity index (χ0n) is 14.3. The first-order valence-corrected chi connectivity index (χ1v) is 8.12. The number of aliphatic hydroxyl groups is 1. The van der Waals surface area contributed by atoms with Crippen LogP contribution in [0.4, 0.5) is 13.2 Å². The zero-order valence-corrected chi connectivity index (χ0v) is 14.3. The SMILES string of the molecule is COc1cccc([C@H]2[C@H](O)N(C)C(=O)C23CCCN3C(=O)C(F)(F)F)c1. The molecule has 1 unspecified atom stereocenters. The number of nitrogens with zero attached hydrogens (tertiary/aromatic N) is 2. The second-order valence-corrected chi connectivity index (χ2v) is 6.57. The predicted octanol–water partition coefficient (Wildman–Crippen LogP) is 1.49. The number of benzene rings is 1. The van der Waals surface area contributed by atoms with Crippen LogP contribution in [0, 0.1) is 0 Å². The maximum atomic E-state index is 13.1. The normalized spacial score (nSPS) is 28.9. The molecule has 1 spiro atoms. The molecule has 2 aliphatic rings. The van der Waals surface area contributed by atoms with Crippen LogP contribution in [0.15, 0.2) is 24.3 Å². The van der Waals surface area contributed by atoms with E-state index in [0.29, 0.717) is 16.2 Å². The number of alkyl halides is 3. The molecule has 2 heterocycles. The molecule has 1 N–H and O–H groups in total. The number of hydrogen-bond donors (Lipinski definition) is 1. The Morgan fingerprint density at radius 3 is 2.69 bits per heavy atom. The van der Waals surface area contributed by atoms with E-state index in [1.54, 1.807) is 24.3 Å². The van der Waals surface area contributed by atoms with Crippen LogP contribution in [0.2, 0.25) is 0 Å². The molecular formula is C17H19F3N2O4. The molecule has 0 saturated carbocycles. The number of aliphatic hydroxyl groups excluding tert-OH is 1. The lowest BCUT2D eigenvalue weighted by Gasteiger charge is -2.38. The Kier molecular flexibility index (Phi) is 4.38. The fourth-order valence-electron chi connectivity index (χ4n) is 4.13. The molecule has 9 heteroatoms. The molecule has 1 aromatic rings. The summed E-state index contributed by atoms with van der Waals surface area (Å²) in [5, 5.41) is 10.6. The quantitative estimate of drug-likeness (QED) is 0.854. The summed E-state index contributed by atoms with van der Waals surface area (Å²) >= 11 is 0. The van der Waals surface area contributed by atoms with Gasteiger partial charge in [0.15, 0.2) is 0 Å². The van der Waals surface area contributed by atoms with E-state index >= 15 is 0 Å². The average Bonchev–Trinajstić information content (AvgIpc) is 3.11. The maximum absolute atomic E-state index is 13.1. The molecule has 3 rings (SSSR count). The monoisotopic (exact) mass is 372 g/mol. The minimum absolute atomic E-state index is 0.0525. The van der Waals surface area contributed by atoms with Gasteiger partial charge >= 0.3 is 12.1 Å². The van der Waals surface area contributed by atoms with E-state index in [0.717, 1.165) is 4.90 Å². The molecule has 0 radical (unpaired) electrons. The number of hydrogen-bond acceptors (Lipinski definition) is 4. The molecule has 2 aliphatic heterocycles. The van der Waals surface area contributed by atoms with Gasteiger partial charge in [-0.05, 0) is 30.5 Å². The van der Waals surface area contributed by atoms with E-state index in [1.165, 1.54) is 14.2 Å². The van der Waals surface area contributed by atoms with Gasteiger partial charge in [0.25, 0.3) is 5.91 Å². The van der Waals surface area contributed by atoms with Crippen molar-refractivity contribution in [2.45, 2.75) is 36.7 Å². The molecule has 2 amide bonds. The molecule has 1 aromatic carbocycles. The van der Waals surface area contributed by atoms with Gasteiger partial charge in [-0.15, -0.1) is 0 Å². The molecule has 0 bridgehead atoms. The highest BCUT2D eigenvalue weighted by molar-refractivity contribution is 5.96. The molecule has 142 valence electrons. The van der Waals surface area contributed by atoms with E-state index in [-0.39, 0.29) is 19.4 Å². The number of carbonyl (C=O) groups excluding carboxylic acids is 2. The van der Waals surface area contributed by atoms with Crippen molar-refractivity contribution in [3.8, 4) is 5.75 Å². The Morgan fingerprint density at radius 2 is 2.08 bits per heavy atom. The van der Waals surface area contributed by atoms with Gasteiger partial charge in [-0.3, -0.25) is 9.59 Å². The van der Waals surface area contributed by atoms with E-state index < -0.39 is 35.7 Å². The van der Waals surface area contributed by atoms with Crippen LogP contribution < -0.4 is 4.74 Å². The Morgan fingerprint density at radius 1 is 1.38 bits per heavy atom. The fraction of sp³-hybridized carbons (Fsp3) is 0.529. The van der Waals surface area contributed by atoms with E-state index in [4.69, 9.17) is 4.74 Å². The van der Waals surface area contributed by atoms with Crippen molar-refractivity contribution in [2.75, 3.05) is 20.7 Å². The molecule has 2 saturated heterocycles. The standard InChI is InChI=1S/C17H19F3N2O4/c1-21-13(23)12(10-5-3-6-11(9-10)26-2)16(14(21)24)7-4-8-22(16)15(25)17(18,19)20/h3,5-6,9,12-13,23H,4,7-8H2,1-2H3/t12-,13-,16?/m0/s1. The number of ether oxygens (including phenoxy) is 1. The zero-order chi connectivity index (χ0) is 19.3. The summed E-state index contributed by atoms with van der Waals surface area (Å²) in [5.41, 5.74) is -1.32. The number of rotatable bonds is 2. The highest BCUT2D eigenvalue weighted by Crippen LogP contribution is 2.51. The minimum atomic E-state index is -5.09. The topological polar surface area (TPSA) is 70.1 Å². The van der Waals surface area contributed by atoms with Crippen molar-refractivity contribution < 1.29 is 32.6 Å². The summed E-state index contributed by atoms with van der Waals surface area (Å²) in [4.78, 5) is 26.5. The molecule has 0 aromatic heterocycles. The van der Waals surface area contributed by atoms with Crippen molar-refractivity contribution in [3.63, 3.8) is 0 Å². The van der Waals surface area contributed by atoms with Crippen LogP contribution in [0.25, 0.3) is 0 Å². The molecule has 2 fully saturated rings. The van der Waals surface area contributed by atoms with Crippen molar-refractivity contribution in [1.82, 2.24) is 9.80 Å². The lowest BCUT2D eigenvalue weighted by Crippen LogP contribution is -2.58. The molecule has 0 aliphatic carbocycles. The number of methoxy groups -OCH3 is 1. The third-order valence-corrected chi connectivity index (χ3v) is 5.26. The van der Waals surface area contributed by atoms with Crippen LogP contribution in [-0.2, 0) is 9.59 Å². The number of likely N-dealkylation sites (N-methyl/N-ethyl adjacent to an activating group) is 1. The van der Waals surface area contributed by atoms with Gasteiger partial charge in [-0.1, -0.05) is 12.1 Å². The highest BCUT2D eigenvalue weighted by atomic mass is 19.4. The Labute approximate surface area is 148 Å². The van der Waals surface area contributed by atoms with Crippen LogP contribution in [0.3, 0.4) is 0 Å². The van der Waals surface area contributed by atoms with E-state index in [2.05, 4.69) is 0 Å². The summed E-state index contributed by atoms with van der Waals surface area (Å²) < 4.78 is 44.5. The maximum Gasteiger partial charge on any atom is 0.471 e. The average molecular weight is 372 g/mol. The summed E-state index contributed by atoms with van der Waals surface area (Å²) in [7, 11) is 2.76. The fourth-order valence-corrected chi connectivity index (χ4v) is 4.13. The van der Waals surface area contributed by atoms with Crippen molar-refractivity contribution in [2.24, 2.45) is 0 Å². The number of carbonyl (C=O) groups is 2. The summed E-state index contributed by atoms with van der Waals surface area (Å²) in [6.45, 7) is -0.189. The Bertz CT molecular complexity index is 739. The summed E-state index contributed by atoms with van der Waals surface area (Å²) in [6, 6.07) is 6.45. The summed E-state index contributed by atoms with van der Waals surface area (Å²) in [6.07, 6.45) is -6.15. The number of halogens is 3. The second-order valence-electron chi connectivity index (χ2n) is 6.57. The predicted molar refractivity (Wildman–Crippen MR) is 84.2 cm³/mol. The number of likely N-dealkylation sites (tertiary alicyclic amines) is 2. The Hall–Kier alpha value is -2.29. The van der Waals surface area contributed by atoms with Gasteiger partial charge in [0.2, 0.25) is 0 Å². The number of amides is 2. The van der Waals surface area contributed by atoms with Gasteiger partial charge in [0.05, 0.1) is 13.0 Å². The Balaban J connectivity index is 2.15. The van der Waals surface area contributed by atoms with Gasteiger partial charge in [0, 0.05) is 13.6 Å². The highest BCUT2D eigenvalue weighted by Gasteiger charge is 2.66. The molecule has 6 nitrogen and oxygen atoms in total. The third kappa shape index (κ3) is 2.53. The van der Waals surface area contributed by atoms with Crippen LogP contribution >= 0.6 is 0 Å². The van der Waals surface area contributed by atoms with Crippen LogP contribution in [-0.4, -0.2) is 65.4 Å². The first-order valence-electron chi connectivity index (χ1n) is 8.12. The largest absolute Gasteiger partial charge is 0.497 e. The molecule has 26 heavy (non-hydrogen) atoms. The molecule has 3 atom stereocenters. The van der Waals surface area contributed by atoms with Gasteiger partial charge in [-0.25, -0.2) is 0 Å². The first-order chi connectivity index (χ1) is 12.1. The van der Waals surface area contributed by atoms with Gasteiger partial charge in [0.1, 0.15) is 17.5 Å². The first kappa shape index (κ1) is 18.5. The lowest BCUT2D eigenvalue weighted by atomic mass is 9.78. The van der Waals surface area contributed by atoms with E-state index in [9.17, 15) is 27.9 Å².